The average Bonchev–Trinajstić information content (AvgIpc) is 2.61. The maximum Gasteiger partial charge on any atom is 0.222 e. The van der Waals surface area contributed by atoms with Crippen LogP contribution in [0.5, 0.6) is 0 Å². The number of hydrogen-bond acceptors (Lipinski definition) is 2. The highest BCUT2D eigenvalue weighted by Gasteiger charge is 2.23. The van der Waals surface area contributed by atoms with Crippen molar-refractivity contribution in [2.75, 3.05) is 13.1 Å². The van der Waals surface area contributed by atoms with Gasteiger partial charge in [0.25, 0.3) is 0 Å². The molecule has 82 valence electrons. The molecule has 0 aromatic rings. The summed E-state index contributed by atoms with van der Waals surface area (Å²) in [5.41, 5.74) is 5.61. The minimum Gasteiger partial charge on any atom is -0.356 e. The van der Waals surface area contributed by atoms with Crippen molar-refractivity contribution in [3.05, 3.63) is 0 Å². The van der Waals surface area contributed by atoms with E-state index < -0.39 is 0 Å². The van der Waals surface area contributed by atoms with Crippen LogP contribution in [0.15, 0.2) is 0 Å². The molecule has 0 aliphatic heterocycles. The van der Waals surface area contributed by atoms with Crippen LogP contribution in [0.4, 0.5) is 0 Å². The Bertz CT molecular complexity index is 192. The SMILES string of the molecule is CC(C)C(=O)NC[C@H]1CC[C@H](CN)C1. The third-order valence-electron chi connectivity index (χ3n) is 3.07. The summed E-state index contributed by atoms with van der Waals surface area (Å²) < 4.78 is 0. The van der Waals surface area contributed by atoms with E-state index in [9.17, 15) is 4.79 Å². The second kappa shape index (κ2) is 5.35. The topological polar surface area (TPSA) is 55.1 Å². The average molecular weight is 198 g/mol. The van der Waals surface area contributed by atoms with E-state index in [0.717, 1.165) is 13.1 Å². The van der Waals surface area contributed by atoms with Gasteiger partial charge in [-0.1, -0.05) is 13.8 Å². The predicted molar refractivity (Wildman–Crippen MR) is 57.7 cm³/mol. The van der Waals surface area contributed by atoms with Crippen molar-refractivity contribution in [1.82, 2.24) is 5.32 Å². The number of carbonyl (C=O) groups excluding carboxylic acids is 1. The molecular weight excluding hydrogens is 176 g/mol. The molecule has 0 radical (unpaired) electrons. The third-order valence-corrected chi connectivity index (χ3v) is 3.07. The van der Waals surface area contributed by atoms with Gasteiger partial charge in [0.15, 0.2) is 0 Å². The molecule has 1 rings (SSSR count). The van der Waals surface area contributed by atoms with Crippen molar-refractivity contribution >= 4 is 5.91 Å². The Morgan fingerprint density at radius 2 is 2.07 bits per heavy atom. The minimum absolute atomic E-state index is 0.0988. The highest BCUT2D eigenvalue weighted by Crippen LogP contribution is 2.29. The molecule has 0 heterocycles. The molecule has 0 saturated heterocycles. The summed E-state index contributed by atoms with van der Waals surface area (Å²) in [6, 6.07) is 0. The van der Waals surface area contributed by atoms with Crippen LogP contribution < -0.4 is 11.1 Å². The van der Waals surface area contributed by atoms with Crippen LogP contribution in [-0.4, -0.2) is 19.0 Å². The molecule has 3 heteroatoms. The molecule has 0 spiro atoms. The first kappa shape index (κ1) is 11.5. The predicted octanol–water partition coefficient (Wildman–Crippen LogP) is 1.13. The summed E-state index contributed by atoms with van der Waals surface area (Å²) in [4.78, 5) is 11.3. The minimum atomic E-state index is 0.0988. The number of rotatable bonds is 4. The molecule has 1 saturated carbocycles. The zero-order chi connectivity index (χ0) is 10.6. The smallest absolute Gasteiger partial charge is 0.222 e. The maximum absolute atomic E-state index is 11.3. The Balaban J connectivity index is 2.17. The van der Waals surface area contributed by atoms with Gasteiger partial charge in [0.1, 0.15) is 0 Å². The van der Waals surface area contributed by atoms with Crippen LogP contribution in [0.3, 0.4) is 0 Å². The molecule has 0 aromatic carbocycles. The Kier molecular flexibility index (Phi) is 4.39. The van der Waals surface area contributed by atoms with Crippen LogP contribution in [0.1, 0.15) is 33.1 Å². The first-order chi connectivity index (χ1) is 6.63. The van der Waals surface area contributed by atoms with Gasteiger partial charge in [-0.15, -0.1) is 0 Å². The lowest BCUT2D eigenvalue weighted by Gasteiger charge is -2.12. The van der Waals surface area contributed by atoms with Gasteiger partial charge < -0.3 is 11.1 Å². The zero-order valence-electron chi connectivity index (χ0n) is 9.25. The first-order valence-electron chi connectivity index (χ1n) is 5.61. The zero-order valence-corrected chi connectivity index (χ0v) is 9.25. The fraction of sp³-hybridized carbons (Fsp3) is 0.909. The molecule has 1 aliphatic carbocycles. The molecule has 1 fully saturated rings. The van der Waals surface area contributed by atoms with E-state index in [1.54, 1.807) is 0 Å². The molecule has 0 aromatic heterocycles. The summed E-state index contributed by atoms with van der Waals surface area (Å²) in [5, 5.41) is 2.99. The van der Waals surface area contributed by atoms with Gasteiger partial charge >= 0.3 is 0 Å². The van der Waals surface area contributed by atoms with Crippen molar-refractivity contribution in [3.8, 4) is 0 Å². The fourth-order valence-electron chi connectivity index (χ4n) is 2.03. The summed E-state index contributed by atoms with van der Waals surface area (Å²) in [5.74, 6) is 1.62. The Morgan fingerprint density at radius 1 is 1.43 bits per heavy atom. The summed E-state index contributed by atoms with van der Waals surface area (Å²) in [6.45, 7) is 5.49. The monoisotopic (exact) mass is 198 g/mol. The van der Waals surface area contributed by atoms with E-state index >= 15 is 0 Å². The van der Waals surface area contributed by atoms with Crippen LogP contribution in [0, 0.1) is 17.8 Å². The molecule has 0 bridgehead atoms. The van der Waals surface area contributed by atoms with Crippen LogP contribution in [0.2, 0.25) is 0 Å². The van der Waals surface area contributed by atoms with Crippen molar-refractivity contribution in [1.29, 1.82) is 0 Å². The molecule has 3 N–H and O–H groups in total. The number of amides is 1. The van der Waals surface area contributed by atoms with E-state index in [-0.39, 0.29) is 11.8 Å². The Labute approximate surface area is 86.4 Å². The summed E-state index contributed by atoms with van der Waals surface area (Å²) >= 11 is 0. The number of nitrogens with one attached hydrogen (secondary N) is 1. The van der Waals surface area contributed by atoms with Crippen LogP contribution >= 0.6 is 0 Å². The lowest BCUT2D eigenvalue weighted by Crippen LogP contribution is -2.31. The third kappa shape index (κ3) is 3.29. The van der Waals surface area contributed by atoms with Gasteiger partial charge in [-0.05, 0) is 37.6 Å². The van der Waals surface area contributed by atoms with Crippen molar-refractivity contribution < 1.29 is 4.79 Å². The van der Waals surface area contributed by atoms with Gasteiger partial charge in [-0.2, -0.15) is 0 Å². The largest absolute Gasteiger partial charge is 0.356 e. The van der Waals surface area contributed by atoms with Crippen LogP contribution in [0.25, 0.3) is 0 Å². The molecule has 1 aliphatic rings. The molecule has 3 nitrogen and oxygen atoms in total. The lowest BCUT2D eigenvalue weighted by atomic mass is 10.0. The molecule has 1 amide bonds. The highest BCUT2D eigenvalue weighted by atomic mass is 16.1. The van der Waals surface area contributed by atoms with E-state index in [2.05, 4.69) is 5.32 Å². The van der Waals surface area contributed by atoms with Gasteiger partial charge in [0.05, 0.1) is 0 Å². The molecular formula is C11H22N2O. The lowest BCUT2D eigenvalue weighted by molar-refractivity contribution is -0.124. The molecule has 0 unspecified atom stereocenters. The second-order valence-electron chi connectivity index (χ2n) is 4.68. The van der Waals surface area contributed by atoms with Crippen molar-refractivity contribution in [2.45, 2.75) is 33.1 Å². The van der Waals surface area contributed by atoms with E-state index in [0.29, 0.717) is 11.8 Å². The number of hydrogen-bond donors (Lipinski definition) is 2. The summed E-state index contributed by atoms with van der Waals surface area (Å²) in [6.07, 6.45) is 3.65. The van der Waals surface area contributed by atoms with Crippen molar-refractivity contribution in [2.24, 2.45) is 23.5 Å². The normalized spacial score (nSPS) is 26.9. The second-order valence-corrected chi connectivity index (χ2v) is 4.68. The maximum atomic E-state index is 11.3. The van der Waals surface area contributed by atoms with E-state index in [1.807, 2.05) is 13.8 Å². The Hall–Kier alpha value is -0.570. The standard InChI is InChI=1S/C11H22N2O/c1-8(2)11(14)13-7-10-4-3-9(5-10)6-12/h8-10H,3-7,12H2,1-2H3,(H,13,14)/t9-,10-/m0/s1. The van der Waals surface area contributed by atoms with E-state index in [4.69, 9.17) is 5.73 Å². The van der Waals surface area contributed by atoms with Gasteiger partial charge in [0.2, 0.25) is 5.91 Å². The van der Waals surface area contributed by atoms with Crippen LogP contribution in [-0.2, 0) is 4.79 Å². The molecule has 14 heavy (non-hydrogen) atoms. The number of carbonyl (C=O) groups is 1. The highest BCUT2D eigenvalue weighted by molar-refractivity contribution is 5.77. The van der Waals surface area contributed by atoms with Gasteiger partial charge in [-0.3, -0.25) is 4.79 Å². The van der Waals surface area contributed by atoms with Gasteiger partial charge in [0, 0.05) is 12.5 Å². The first-order valence-corrected chi connectivity index (χ1v) is 5.61. The van der Waals surface area contributed by atoms with E-state index in [1.165, 1.54) is 19.3 Å². The van der Waals surface area contributed by atoms with Crippen molar-refractivity contribution in [3.63, 3.8) is 0 Å². The quantitative estimate of drug-likeness (QED) is 0.711. The Morgan fingerprint density at radius 3 is 2.57 bits per heavy atom. The summed E-state index contributed by atoms with van der Waals surface area (Å²) in [7, 11) is 0. The number of nitrogens with two attached hydrogens (primary N) is 1. The fourth-order valence-corrected chi connectivity index (χ4v) is 2.03. The van der Waals surface area contributed by atoms with Gasteiger partial charge in [-0.25, -0.2) is 0 Å². The molecule has 2 atom stereocenters.